The first-order valence-corrected chi connectivity index (χ1v) is 6.65. The van der Waals surface area contributed by atoms with Crippen molar-refractivity contribution in [1.29, 1.82) is 0 Å². The summed E-state index contributed by atoms with van der Waals surface area (Å²) in [5, 5.41) is 0. The highest BCUT2D eigenvalue weighted by atomic mass is 16.6. The molecular formula is C16H20O. The van der Waals surface area contributed by atoms with Gasteiger partial charge in [-0.1, -0.05) is 55.7 Å². The summed E-state index contributed by atoms with van der Waals surface area (Å²) in [6.07, 6.45) is 6.74. The maximum atomic E-state index is 5.99. The van der Waals surface area contributed by atoms with E-state index in [1.165, 1.54) is 48.8 Å². The smallest absolute Gasteiger partial charge is 0.112 e. The van der Waals surface area contributed by atoms with Gasteiger partial charge in [0.05, 0.1) is 5.60 Å². The number of epoxide rings is 1. The van der Waals surface area contributed by atoms with Crippen LogP contribution in [-0.4, -0.2) is 11.7 Å². The highest BCUT2D eigenvalue weighted by Crippen LogP contribution is 2.52. The largest absolute Gasteiger partial charge is 0.361 e. The number of benzene rings is 1. The summed E-state index contributed by atoms with van der Waals surface area (Å²) >= 11 is 0. The van der Waals surface area contributed by atoms with Crippen LogP contribution in [0, 0.1) is 6.92 Å². The van der Waals surface area contributed by atoms with E-state index in [-0.39, 0.29) is 11.7 Å². The molecule has 90 valence electrons. The lowest BCUT2D eigenvalue weighted by Gasteiger charge is -2.18. The van der Waals surface area contributed by atoms with Crippen molar-refractivity contribution >= 4 is 5.57 Å². The fourth-order valence-electron chi connectivity index (χ4n) is 3.04. The number of hydrogen-bond acceptors (Lipinski definition) is 1. The molecular weight excluding hydrogens is 208 g/mol. The maximum absolute atomic E-state index is 5.99. The van der Waals surface area contributed by atoms with Crippen LogP contribution < -0.4 is 0 Å². The number of ether oxygens (including phenoxy) is 1. The molecule has 2 fully saturated rings. The second kappa shape index (κ2) is 3.99. The Labute approximate surface area is 103 Å². The van der Waals surface area contributed by atoms with Crippen molar-refractivity contribution in [2.75, 3.05) is 0 Å². The Morgan fingerprint density at radius 2 is 1.82 bits per heavy atom. The van der Waals surface area contributed by atoms with Crippen LogP contribution in [0.1, 0.15) is 43.2 Å². The van der Waals surface area contributed by atoms with Crippen LogP contribution in [0.4, 0.5) is 0 Å². The minimum atomic E-state index is 0.167. The zero-order valence-corrected chi connectivity index (χ0v) is 10.5. The Bertz CT molecular complexity index is 423. The average Bonchev–Trinajstić information content (AvgIpc) is 3.04. The third-order valence-electron chi connectivity index (χ3n) is 4.21. The van der Waals surface area contributed by atoms with Crippen LogP contribution in [0.15, 0.2) is 30.8 Å². The van der Waals surface area contributed by atoms with Gasteiger partial charge < -0.3 is 4.74 Å². The van der Waals surface area contributed by atoms with Gasteiger partial charge in [-0.3, -0.25) is 0 Å². The quantitative estimate of drug-likeness (QED) is 0.694. The lowest BCUT2D eigenvalue weighted by atomic mass is 9.83. The first-order valence-electron chi connectivity index (χ1n) is 6.65. The molecule has 0 N–H and O–H groups in total. The monoisotopic (exact) mass is 228 g/mol. The zero-order valence-electron chi connectivity index (χ0n) is 10.5. The van der Waals surface area contributed by atoms with E-state index < -0.39 is 0 Å². The Morgan fingerprint density at radius 3 is 2.47 bits per heavy atom. The van der Waals surface area contributed by atoms with E-state index >= 15 is 0 Å². The maximum Gasteiger partial charge on any atom is 0.112 e. The topological polar surface area (TPSA) is 12.5 Å². The molecule has 17 heavy (non-hydrogen) atoms. The molecule has 1 unspecified atom stereocenters. The Balaban J connectivity index is 1.74. The summed E-state index contributed by atoms with van der Waals surface area (Å²) in [7, 11) is 0. The normalized spacial score (nSPS) is 25.8. The summed E-state index contributed by atoms with van der Waals surface area (Å²) in [6.45, 7) is 6.36. The average molecular weight is 228 g/mol. The highest BCUT2D eigenvalue weighted by molar-refractivity contribution is 5.70. The molecule has 1 heteroatoms. The van der Waals surface area contributed by atoms with Gasteiger partial charge >= 0.3 is 0 Å². The highest BCUT2D eigenvalue weighted by Gasteiger charge is 2.57. The SMILES string of the molecule is C=C(c1ccc(C)cc1)C1OC12CCCCC2. The molecule has 1 heterocycles. The van der Waals surface area contributed by atoms with Crippen molar-refractivity contribution in [3.8, 4) is 0 Å². The molecule has 1 saturated carbocycles. The molecule has 1 aliphatic carbocycles. The molecule has 1 aromatic rings. The number of rotatable bonds is 2. The Morgan fingerprint density at radius 1 is 1.18 bits per heavy atom. The van der Waals surface area contributed by atoms with E-state index in [2.05, 4.69) is 37.8 Å². The third-order valence-corrected chi connectivity index (χ3v) is 4.21. The van der Waals surface area contributed by atoms with Crippen molar-refractivity contribution in [2.45, 2.75) is 50.7 Å². The van der Waals surface area contributed by atoms with Crippen LogP contribution in [-0.2, 0) is 4.74 Å². The molecule has 0 amide bonds. The Hall–Kier alpha value is -1.08. The van der Waals surface area contributed by atoms with Gasteiger partial charge in [-0.15, -0.1) is 0 Å². The lowest BCUT2D eigenvalue weighted by Crippen LogP contribution is -2.19. The second-order valence-electron chi connectivity index (χ2n) is 5.51. The van der Waals surface area contributed by atoms with Crippen molar-refractivity contribution < 1.29 is 4.74 Å². The van der Waals surface area contributed by atoms with Gasteiger partial charge in [0.25, 0.3) is 0 Å². The van der Waals surface area contributed by atoms with Crippen molar-refractivity contribution in [2.24, 2.45) is 0 Å². The van der Waals surface area contributed by atoms with Crippen LogP contribution in [0.2, 0.25) is 0 Å². The van der Waals surface area contributed by atoms with Gasteiger partial charge in [-0.25, -0.2) is 0 Å². The molecule has 0 bridgehead atoms. The summed E-state index contributed by atoms with van der Waals surface area (Å²) in [6, 6.07) is 8.62. The van der Waals surface area contributed by atoms with Crippen molar-refractivity contribution in [1.82, 2.24) is 0 Å². The van der Waals surface area contributed by atoms with Gasteiger partial charge in [-0.2, -0.15) is 0 Å². The fraction of sp³-hybridized carbons (Fsp3) is 0.500. The predicted molar refractivity (Wildman–Crippen MR) is 70.9 cm³/mol. The van der Waals surface area contributed by atoms with E-state index in [1.807, 2.05) is 0 Å². The third kappa shape index (κ3) is 1.93. The van der Waals surface area contributed by atoms with Crippen molar-refractivity contribution in [3.05, 3.63) is 42.0 Å². The van der Waals surface area contributed by atoms with Gasteiger partial charge in [-0.05, 0) is 30.9 Å². The zero-order chi connectivity index (χ0) is 11.9. The minimum Gasteiger partial charge on any atom is -0.361 e. The molecule has 1 nitrogen and oxygen atoms in total. The van der Waals surface area contributed by atoms with Gasteiger partial charge in [0.2, 0.25) is 0 Å². The van der Waals surface area contributed by atoms with Crippen LogP contribution in [0.5, 0.6) is 0 Å². The predicted octanol–water partition coefficient (Wildman–Crippen LogP) is 4.11. The molecule has 3 rings (SSSR count). The fourth-order valence-corrected chi connectivity index (χ4v) is 3.04. The molecule has 1 atom stereocenters. The van der Waals surface area contributed by atoms with E-state index in [1.54, 1.807) is 0 Å². The van der Waals surface area contributed by atoms with E-state index in [0.717, 1.165) is 0 Å². The summed E-state index contributed by atoms with van der Waals surface area (Å²) in [5.41, 5.74) is 3.88. The van der Waals surface area contributed by atoms with Gasteiger partial charge in [0.15, 0.2) is 0 Å². The summed E-state index contributed by atoms with van der Waals surface area (Å²) in [4.78, 5) is 0. The molecule has 1 aliphatic heterocycles. The van der Waals surface area contributed by atoms with Gasteiger partial charge in [0.1, 0.15) is 6.10 Å². The molecule has 0 aromatic heterocycles. The van der Waals surface area contributed by atoms with Crippen LogP contribution in [0.25, 0.3) is 5.57 Å². The van der Waals surface area contributed by atoms with Crippen molar-refractivity contribution in [3.63, 3.8) is 0 Å². The molecule has 1 aromatic carbocycles. The lowest BCUT2D eigenvalue weighted by molar-refractivity contribution is 0.235. The molecule has 0 radical (unpaired) electrons. The summed E-state index contributed by atoms with van der Waals surface area (Å²) in [5.74, 6) is 0. The van der Waals surface area contributed by atoms with E-state index in [4.69, 9.17) is 4.74 Å². The number of hydrogen-bond donors (Lipinski definition) is 0. The van der Waals surface area contributed by atoms with Crippen LogP contribution >= 0.6 is 0 Å². The second-order valence-corrected chi connectivity index (χ2v) is 5.51. The van der Waals surface area contributed by atoms with Crippen LogP contribution in [0.3, 0.4) is 0 Å². The molecule has 1 spiro atoms. The first kappa shape index (κ1) is 11.0. The molecule has 1 saturated heterocycles. The summed E-state index contributed by atoms with van der Waals surface area (Å²) < 4.78 is 5.99. The molecule has 2 aliphatic rings. The minimum absolute atomic E-state index is 0.167. The van der Waals surface area contributed by atoms with E-state index in [0.29, 0.717) is 0 Å². The number of aryl methyl sites for hydroxylation is 1. The standard InChI is InChI=1S/C16H20O/c1-12-6-8-14(9-7-12)13(2)15-16(17-15)10-4-3-5-11-16/h6-9,15H,2-5,10-11H2,1H3. The van der Waals surface area contributed by atoms with Gasteiger partial charge in [0, 0.05) is 0 Å². The first-order chi connectivity index (χ1) is 8.21. The van der Waals surface area contributed by atoms with E-state index in [9.17, 15) is 0 Å². The Kier molecular flexibility index (Phi) is 2.59.